The largest absolute Gasteiger partial charge is 0.306 e. The van der Waals surface area contributed by atoms with Crippen molar-refractivity contribution >= 4 is 0 Å². The van der Waals surface area contributed by atoms with E-state index in [1.807, 2.05) is 54.7 Å². The predicted molar refractivity (Wildman–Crippen MR) is 92.3 cm³/mol. The number of hydrogen-bond donors (Lipinski definition) is 1. The minimum absolute atomic E-state index is 0.0173. The molecule has 24 heavy (non-hydrogen) atoms. The summed E-state index contributed by atoms with van der Waals surface area (Å²) in [6, 6.07) is 15.7. The third-order valence-corrected chi connectivity index (χ3v) is 4.31. The lowest BCUT2D eigenvalue weighted by atomic mass is 10.1. The second-order valence-corrected chi connectivity index (χ2v) is 5.99. The van der Waals surface area contributed by atoms with Gasteiger partial charge >= 0.3 is 0 Å². The average molecular weight is 318 g/mol. The highest BCUT2D eigenvalue weighted by molar-refractivity contribution is 5.54. The molecule has 0 bridgehead atoms. The Labute approximate surface area is 140 Å². The number of H-pyrrole nitrogens is 1. The third kappa shape index (κ3) is 2.98. The van der Waals surface area contributed by atoms with E-state index >= 15 is 0 Å². The van der Waals surface area contributed by atoms with Gasteiger partial charge in [-0.25, -0.2) is 4.98 Å². The van der Waals surface area contributed by atoms with E-state index in [4.69, 9.17) is 4.98 Å². The summed E-state index contributed by atoms with van der Waals surface area (Å²) >= 11 is 0. The van der Waals surface area contributed by atoms with Gasteiger partial charge in [0, 0.05) is 37.0 Å². The van der Waals surface area contributed by atoms with Gasteiger partial charge in [0.25, 0.3) is 5.56 Å². The number of aromatic amines is 1. The summed E-state index contributed by atoms with van der Waals surface area (Å²) < 4.78 is 0. The highest BCUT2D eigenvalue weighted by Gasteiger charge is 2.21. The van der Waals surface area contributed by atoms with E-state index in [9.17, 15) is 4.79 Å². The van der Waals surface area contributed by atoms with Crippen LogP contribution in [-0.4, -0.2) is 26.4 Å². The van der Waals surface area contributed by atoms with Crippen LogP contribution in [0.15, 0.2) is 59.5 Å². The number of fused-ring (bicyclic) bond motifs is 1. The number of nitrogens with zero attached hydrogens (tertiary/aromatic N) is 3. The molecule has 0 amide bonds. The molecule has 5 nitrogen and oxygen atoms in total. The first-order valence-corrected chi connectivity index (χ1v) is 8.09. The fraction of sp³-hybridized carbons (Fsp3) is 0.211. The van der Waals surface area contributed by atoms with Crippen LogP contribution in [-0.2, 0) is 19.5 Å². The molecular weight excluding hydrogens is 300 g/mol. The maximum Gasteiger partial charge on any atom is 0.254 e. The van der Waals surface area contributed by atoms with Gasteiger partial charge in [0.15, 0.2) is 0 Å². The van der Waals surface area contributed by atoms with E-state index in [0.717, 1.165) is 42.0 Å². The van der Waals surface area contributed by atoms with E-state index in [2.05, 4.69) is 14.9 Å². The van der Waals surface area contributed by atoms with Crippen LogP contribution in [0.3, 0.4) is 0 Å². The van der Waals surface area contributed by atoms with Crippen molar-refractivity contribution in [1.29, 1.82) is 0 Å². The predicted octanol–water partition coefficient (Wildman–Crippen LogP) is 2.39. The van der Waals surface area contributed by atoms with Crippen LogP contribution in [0.2, 0.25) is 0 Å². The molecule has 0 atom stereocenters. The van der Waals surface area contributed by atoms with Gasteiger partial charge in [0.05, 0.1) is 11.4 Å². The molecule has 0 fully saturated rings. The van der Waals surface area contributed by atoms with Crippen molar-refractivity contribution in [2.45, 2.75) is 19.5 Å². The van der Waals surface area contributed by atoms with Crippen molar-refractivity contribution in [3.8, 4) is 11.4 Å². The highest BCUT2D eigenvalue weighted by Crippen LogP contribution is 2.19. The second-order valence-electron chi connectivity index (χ2n) is 5.99. The molecule has 1 aromatic carbocycles. The summed E-state index contributed by atoms with van der Waals surface area (Å²) in [6.07, 6.45) is 2.53. The van der Waals surface area contributed by atoms with Crippen LogP contribution in [0.1, 0.15) is 17.0 Å². The van der Waals surface area contributed by atoms with Gasteiger partial charge in [0.1, 0.15) is 5.82 Å². The van der Waals surface area contributed by atoms with E-state index in [1.165, 1.54) is 0 Å². The Balaban J connectivity index is 1.62. The first-order chi connectivity index (χ1) is 11.8. The van der Waals surface area contributed by atoms with Crippen molar-refractivity contribution in [3.63, 3.8) is 0 Å². The minimum atomic E-state index is -0.0173. The monoisotopic (exact) mass is 318 g/mol. The van der Waals surface area contributed by atoms with Crippen molar-refractivity contribution in [2.75, 3.05) is 6.54 Å². The lowest BCUT2D eigenvalue weighted by molar-refractivity contribution is 0.238. The van der Waals surface area contributed by atoms with Crippen molar-refractivity contribution in [1.82, 2.24) is 19.9 Å². The number of benzene rings is 1. The van der Waals surface area contributed by atoms with Crippen LogP contribution in [0.5, 0.6) is 0 Å². The van der Waals surface area contributed by atoms with Gasteiger partial charge in [-0.3, -0.25) is 14.7 Å². The molecular formula is C19H18N4O. The van der Waals surface area contributed by atoms with E-state index < -0.39 is 0 Å². The Morgan fingerprint density at radius 1 is 1.08 bits per heavy atom. The Hall–Kier alpha value is -2.79. The summed E-state index contributed by atoms with van der Waals surface area (Å²) in [7, 11) is 0. The average Bonchev–Trinajstić information content (AvgIpc) is 2.63. The van der Waals surface area contributed by atoms with Gasteiger partial charge in [0.2, 0.25) is 0 Å². The first kappa shape index (κ1) is 14.8. The molecule has 3 aromatic rings. The second kappa shape index (κ2) is 6.37. The Kier molecular flexibility index (Phi) is 3.92. The number of nitrogens with one attached hydrogen (secondary N) is 1. The molecule has 0 aliphatic carbocycles. The molecule has 120 valence electrons. The molecule has 1 aliphatic rings. The maximum absolute atomic E-state index is 12.4. The standard InChI is InChI=1S/C19H18N4O/c24-19-16-9-11-23(12-15-8-4-5-10-20-15)13-17(16)21-18(22-19)14-6-2-1-3-7-14/h1-8,10H,9,11-13H2,(H,21,22,24). The Morgan fingerprint density at radius 3 is 2.71 bits per heavy atom. The minimum Gasteiger partial charge on any atom is -0.306 e. The molecule has 0 unspecified atom stereocenters. The van der Waals surface area contributed by atoms with Crippen LogP contribution in [0, 0.1) is 0 Å². The lowest BCUT2D eigenvalue weighted by Gasteiger charge is -2.27. The normalized spacial score (nSPS) is 14.3. The molecule has 0 saturated heterocycles. The van der Waals surface area contributed by atoms with Crippen molar-refractivity contribution < 1.29 is 0 Å². The molecule has 4 rings (SSSR count). The molecule has 0 radical (unpaired) electrons. The van der Waals surface area contributed by atoms with Gasteiger partial charge in [-0.05, 0) is 18.6 Å². The molecule has 2 aromatic heterocycles. The molecule has 5 heteroatoms. The van der Waals surface area contributed by atoms with Crippen molar-refractivity contribution in [2.24, 2.45) is 0 Å². The van der Waals surface area contributed by atoms with E-state index in [-0.39, 0.29) is 5.56 Å². The fourth-order valence-electron chi connectivity index (χ4n) is 3.08. The first-order valence-electron chi connectivity index (χ1n) is 8.09. The van der Waals surface area contributed by atoms with Crippen LogP contribution >= 0.6 is 0 Å². The molecule has 1 N–H and O–H groups in total. The zero-order chi connectivity index (χ0) is 16.4. The van der Waals surface area contributed by atoms with Gasteiger partial charge in [-0.1, -0.05) is 36.4 Å². The molecule has 3 heterocycles. The molecule has 0 spiro atoms. The van der Waals surface area contributed by atoms with Crippen LogP contribution < -0.4 is 5.56 Å². The summed E-state index contributed by atoms with van der Waals surface area (Å²) in [5.41, 5.74) is 3.64. The zero-order valence-electron chi connectivity index (χ0n) is 13.3. The maximum atomic E-state index is 12.4. The third-order valence-electron chi connectivity index (χ3n) is 4.31. The van der Waals surface area contributed by atoms with Gasteiger partial charge in [-0.2, -0.15) is 0 Å². The number of rotatable bonds is 3. The van der Waals surface area contributed by atoms with Gasteiger partial charge in [-0.15, -0.1) is 0 Å². The Bertz CT molecular complexity index is 890. The topological polar surface area (TPSA) is 61.9 Å². The highest BCUT2D eigenvalue weighted by atomic mass is 16.1. The Morgan fingerprint density at radius 2 is 1.92 bits per heavy atom. The number of hydrogen-bond acceptors (Lipinski definition) is 4. The quantitative estimate of drug-likeness (QED) is 0.805. The van der Waals surface area contributed by atoms with E-state index in [1.54, 1.807) is 0 Å². The summed E-state index contributed by atoms with van der Waals surface area (Å²) in [5.74, 6) is 0.638. The smallest absolute Gasteiger partial charge is 0.254 e. The summed E-state index contributed by atoms with van der Waals surface area (Å²) in [6.45, 7) is 2.30. The fourth-order valence-corrected chi connectivity index (χ4v) is 3.08. The number of aromatic nitrogens is 3. The van der Waals surface area contributed by atoms with Crippen LogP contribution in [0.25, 0.3) is 11.4 Å². The summed E-state index contributed by atoms with van der Waals surface area (Å²) in [4.78, 5) is 26.7. The summed E-state index contributed by atoms with van der Waals surface area (Å²) in [5, 5.41) is 0. The SMILES string of the molecule is O=c1[nH]c(-c2ccccc2)nc2c1CCN(Cc1ccccn1)C2. The number of pyridine rings is 1. The van der Waals surface area contributed by atoms with Crippen molar-refractivity contribution in [3.05, 3.63) is 82.0 Å². The molecule has 0 saturated carbocycles. The van der Waals surface area contributed by atoms with Crippen LogP contribution in [0.4, 0.5) is 0 Å². The zero-order valence-corrected chi connectivity index (χ0v) is 13.3. The molecule has 1 aliphatic heterocycles. The lowest BCUT2D eigenvalue weighted by Crippen LogP contribution is -2.35. The van der Waals surface area contributed by atoms with E-state index in [0.29, 0.717) is 12.4 Å². The van der Waals surface area contributed by atoms with Gasteiger partial charge < -0.3 is 4.98 Å².